The summed E-state index contributed by atoms with van der Waals surface area (Å²) in [6.45, 7) is -0.754. The molecule has 0 spiro atoms. The monoisotopic (exact) mass is 236 g/mol. The van der Waals surface area contributed by atoms with Gasteiger partial charge in [0, 0.05) is 19.8 Å². The van der Waals surface area contributed by atoms with Crippen molar-refractivity contribution in [3.63, 3.8) is 0 Å². The van der Waals surface area contributed by atoms with Crippen LogP contribution in [0, 0.1) is 0 Å². The van der Waals surface area contributed by atoms with Gasteiger partial charge in [-0.25, -0.2) is 0 Å². The quantitative estimate of drug-likeness (QED) is 0.559. The lowest BCUT2D eigenvalue weighted by Gasteiger charge is -2.21. The molecule has 4 unspecified atom stereocenters. The van der Waals surface area contributed by atoms with Crippen molar-refractivity contribution in [2.45, 2.75) is 24.6 Å². The van der Waals surface area contributed by atoms with Crippen LogP contribution in [0.3, 0.4) is 0 Å². The Labute approximate surface area is 90.5 Å². The maximum atomic E-state index is 9.42. The smallest absolute Gasteiger partial charge is 0.183 e. The number of methoxy groups -OCH3 is 1. The minimum Gasteiger partial charge on any atom is -0.382 e. The Kier molecular flexibility index (Phi) is 4.56. The van der Waals surface area contributed by atoms with E-state index >= 15 is 0 Å². The average molecular weight is 236 g/mol. The molecule has 1 rings (SSSR count). The first-order valence-electron chi connectivity index (χ1n) is 4.31. The summed E-state index contributed by atoms with van der Waals surface area (Å²) in [5, 5.41) is 0. The highest BCUT2D eigenvalue weighted by atomic mass is 32.5. The summed E-state index contributed by atoms with van der Waals surface area (Å²) in [6.07, 6.45) is 0.0519. The second-order valence-corrected chi connectivity index (χ2v) is 7.20. The summed E-state index contributed by atoms with van der Waals surface area (Å²) in [6, 6.07) is -0.360. The van der Waals surface area contributed by atoms with Crippen LogP contribution in [0.25, 0.3) is 0 Å². The van der Waals surface area contributed by atoms with Crippen LogP contribution in [-0.4, -0.2) is 51.3 Å². The fourth-order valence-electron chi connectivity index (χ4n) is 1.42. The van der Waals surface area contributed by atoms with Crippen molar-refractivity contribution >= 4 is 26.1 Å². The van der Waals surface area contributed by atoms with Gasteiger partial charge in [0.25, 0.3) is 0 Å². The van der Waals surface area contributed by atoms with Gasteiger partial charge in [0.1, 0.15) is 14.0 Å². The zero-order valence-electron chi connectivity index (χ0n) is 8.25. The Hall–Kier alpha value is 0.555. The lowest BCUT2D eigenvalue weighted by atomic mass is 9.96. The molecule has 0 aliphatic carbocycles. The Morgan fingerprint density at radius 1 is 1.71 bits per heavy atom. The van der Waals surface area contributed by atoms with E-state index < -0.39 is 6.49 Å². The Bertz CT molecular complexity index is 234. The molecule has 1 aliphatic rings. The molecule has 7 heteroatoms. The molecular formula is C7H14BO4PS. The van der Waals surface area contributed by atoms with Gasteiger partial charge in [0.2, 0.25) is 0 Å². The van der Waals surface area contributed by atoms with E-state index in [-0.39, 0.29) is 18.2 Å². The summed E-state index contributed by atoms with van der Waals surface area (Å²) in [5.41, 5.74) is 0. The number of ether oxygens (including phenoxy) is 2. The first kappa shape index (κ1) is 12.6. The molecule has 80 valence electrons. The number of hydrogen-bond donors (Lipinski definition) is 1. The highest BCUT2D eigenvalue weighted by molar-refractivity contribution is 8.09. The predicted molar refractivity (Wildman–Crippen MR) is 58.2 cm³/mol. The van der Waals surface area contributed by atoms with Gasteiger partial charge in [0.15, 0.2) is 6.49 Å². The maximum absolute atomic E-state index is 9.42. The standard InChI is InChI=1S/C7H14BO4PS/c1-10-4-6-5(3-7(8)11-6)12-13(2,9)14/h5-7H,3-4H2,1-2H3,(H,9,14). The topological polar surface area (TPSA) is 47.9 Å². The summed E-state index contributed by atoms with van der Waals surface area (Å²) >= 11 is 4.80. The molecule has 14 heavy (non-hydrogen) atoms. The first-order valence-corrected chi connectivity index (χ1v) is 7.43. The average Bonchev–Trinajstić information content (AvgIpc) is 2.28. The lowest BCUT2D eigenvalue weighted by Crippen LogP contribution is -2.27. The van der Waals surface area contributed by atoms with E-state index in [1.807, 2.05) is 0 Å². The predicted octanol–water partition coefficient (Wildman–Crippen LogP) is 0.233. The van der Waals surface area contributed by atoms with Gasteiger partial charge in [0.05, 0.1) is 12.7 Å². The van der Waals surface area contributed by atoms with Gasteiger partial charge in [-0.3, -0.25) is 0 Å². The first-order chi connectivity index (χ1) is 6.42. The van der Waals surface area contributed by atoms with Crippen LogP contribution in [0.2, 0.25) is 0 Å². The van der Waals surface area contributed by atoms with Crippen LogP contribution < -0.4 is 0 Å². The molecule has 0 aromatic rings. The summed E-state index contributed by atoms with van der Waals surface area (Å²) < 4.78 is 15.6. The van der Waals surface area contributed by atoms with Crippen LogP contribution >= 0.6 is 6.49 Å². The number of hydrogen-bond acceptors (Lipinski definition) is 4. The van der Waals surface area contributed by atoms with E-state index in [2.05, 4.69) is 0 Å². The summed E-state index contributed by atoms with van der Waals surface area (Å²) in [4.78, 5) is 9.42. The van der Waals surface area contributed by atoms with Gasteiger partial charge in [-0.15, -0.1) is 0 Å². The van der Waals surface area contributed by atoms with Gasteiger partial charge < -0.3 is 18.9 Å². The van der Waals surface area contributed by atoms with Crippen molar-refractivity contribution < 1.29 is 18.9 Å². The second kappa shape index (κ2) is 5.06. The fraction of sp³-hybridized carbons (Fsp3) is 1.00. The van der Waals surface area contributed by atoms with E-state index in [9.17, 15) is 4.89 Å². The van der Waals surface area contributed by atoms with Crippen molar-refractivity contribution in [2.75, 3.05) is 20.4 Å². The lowest BCUT2D eigenvalue weighted by molar-refractivity contribution is -0.01000. The van der Waals surface area contributed by atoms with Crippen molar-refractivity contribution in [2.24, 2.45) is 0 Å². The van der Waals surface area contributed by atoms with E-state index in [0.29, 0.717) is 13.0 Å². The Morgan fingerprint density at radius 3 is 2.86 bits per heavy atom. The van der Waals surface area contributed by atoms with Gasteiger partial charge in [-0.2, -0.15) is 0 Å². The molecule has 0 bridgehead atoms. The third-order valence-corrected chi connectivity index (χ3v) is 2.81. The Balaban J connectivity index is 2.53. The van der Waals surface area contributed by atoms with Gasteiger partial charge >= 0.3 is 0 Å². The highest BCUT2D eigenvalue weighted by Crippen LogP contribution is 2.42. The number of rotatable bonds is 4. The molecule has 1 heterocycles. The van der Waals surface area contributed by atoms with E-state index in [1.54, 1.807) is 7.11 Å². The van der Waals surface area contributed by atoms with Gasteiger partial charge in [-0.1, -0.05) is 0 Å². The van der Waals surface area contributed by atoms with E-state index in [4.69, 9.17) is 33.7 Å². The maximum Gasteiger partial charge on any atom is 0.183 e. The summed E-state index contributed by atoms with van der Waals surface area (Å²) in [5.74, 6) is 0. The third-order valence-electron chi connectivity index (χ3n) is 1.89. The summed E-state index contributed by atoms with van der Waals surface area (Å²) in [7, 11) is 7.18. The molecule has 1 aliphatic heterocycles. The van der Waals surface area contributed by atoms with Crippen LogP contribution in [0.15, 0.2) is 0 Å². The normalized spacial score (nSPS) is 36.9. The van der Waals surface area contributed by atoms with Crippen molar-refractivity contribution in [3.05, 3.63) is 0 Å². The molecule has 0 amide bonds. The van der Waals surface area contributed by atoms with Crippen molar-refractivity contribution in [1.82, 2.24) is 0 Å². The Morgan fingerprint density at radius 2 is 2.36 bits per heavy atom. The molecule has 2 radical (unpaired) electrons. The molecule has 0 saturated carbocycles. The van der Waals surface area contributed by atoms with Crippen LogP contribution in [-0.2, 0) is 25.8 Å². The van der Waals surface area contributed by atoms with E-state index in [0.717, 1.165) is 0 Å². The molecule has 1 N–H and O–H groups in total. The van der Waals surface area contributed by atoms with Gasteiger partial charge in [-0.05, 0) is 18.2 Å². The molecule has 4 atom stereocenters. The molecule has 1 saturated heterocycles. The minimum absolute atomic E-state index is 0.232. The molecule has 1 fully saturated rings. The van der Waals surface area contributed by atoms with Crippen LogP contribution in [0.4, 0.5) is 0 Å². The van der Waals surface area contributed by atoms with Crippen molar-refractivity contribution in [1.29, 1.82) is 0 Å². The van der Waals surface area contributed by atoms with Crippen molar-refractivity contribution in [3.8, 4) is 0 Å². The molecule has 4 nitrogen and oxygen atoms in total. The minimum atomic E-state index is -2.66. The SMILES string of the molecule is [B]C1CC(OP(C)(O)=S)C(COC)O1. The highest BCUT2D eigenvalue weighted by Gasteiger charge is 2.35. The third kappa shape index (κ3) is 3.97. The van der Waals surface area contributed by atoms with E-state index in [1.165, 1.54) is 6.66 Å². The molecular weight excluding hydrogens is 222 g/mol. The van der Waals surface area contributed by atoms with Crippen LogP contribution in [0.5, 0.6) is 0 Å². The molecule has 0 aromatic heterocycles. The van der Waals surface area contributed by atoms with Crippen LogP contribution in [0.1, 0.15) is 6.42 Å². The zero-order chi connectivity index (χ0) is 10.8. The fourth-order valence-corrected chi connectivity index (χ4v) is 2.48. The zero-order valence-corrected chi connectivity index (χ0v) is 9.96. The largest absolute Gasteiger partial charge is 0.382 e. The molecule has 0 aromatic carbocycles. The second-order valence-electron chi connectivity index (χ2n) is 3.35.